The van der Waals surface area contributed by atoms with Gasteiger partial charge in [0.25, 0.3) is 8.32 Å². The van der Waals surface area contributed by atoms with E-state index in [9.17, 15) is 9.59 Å². The molecule has 2 N–H and O–H groups in total. The van der Waals surface area contributed by atoms with Crippen LogP contribution in [-0.4, -0.2) is 36.2 Å². The molecule has 0 aromatic carbocycles. The third-order valence-electron chi connectivity index (χ3n) is 1.25. The molecule has 15 heavy (non-hydrogen) atoms. The molecule has 6 nitrogen and oxygen atoms in total. The lowest BCUT2D eigenvalue weighted by Gasteiger charge is -2.13. The normalized spacial score (nSPS) is 12.3. The summed E-state index contributed by atoms with van der Waals surface area (Å²) < 4.78 is 5.04. The van der Waals surface area contributed by atoms with Crippen molar-refractivity contribution in [3.05, 3.63) is 0 Å². The van der Waals surface area contributed by atoms with Crippen molar-refractivity contribution in [3.8, 4) is 0 Å². The number of rotatable bonds is 6. The van der Waals surface area contributed by atoms with Crippen molar-refractivity contribution in [2.24, 2.45) is 5.16 Å². The van der Waals surface area contributed by atoms with Crippen LogP contribution in [0.4, 0.5) is 0 Å². The van der Waals surface area contributed by atoms with Gasteiger partial charge in [-0.05, 0) is 19.6 Å². The molecular formula is C8H15NO5Si. The number of oxime groups is 1. The van der Waals surface area contributed by atoms with Crippen LogP contribution in [0.15, 0.2) is 5.16 Å². The van der Waals surface area contributed by atoms with Gasteiger partial charge in [0.1, 0.15) is 0 Å². The molecule has 0 bridgehead atoms. The molecule has 0 aliphatic carbocycles. The molecule has 0 aromatic heterocycles. The molecular weight excluding hydrogens is 218 g/mol. The average Bonchev–Trinajstić information content (AvgIpc) is 2.00. The lowest BCUT2D eigenvalue weighted by Crippen LogP contribution is -2.25. The summed E-state index contributed by atoms with van der Waals surface area (Å²) in [6.45, 7) is 5.56. The number of nitrogens with zero attached hydrogens (tertiary/aromatic N) is 1. The van der Waals surface area contributed by atoms with Crippen molar-refractivity contribution < 1.29 is 24.3 Å². The molecule has 0 unspecified atom stereocenters. The smallest absolute Gasteiger partial charge is 0.353 e. The van der Waals surface area contributed by atoms with E-state index in [1.165, 1.54) is 0 Å². The molecule has 0 aromatic rings. The van der Waals surface area contributed by atoms with Gasteiger partial charge < -0.3 is 14.7 Å². The lowest BCUT2D eigenvalue weighted by molar-refractivity contribution is -0.136. The van der Waals surface area contributed by atoms with Crippen molar-refractivity contribution >= 4 is 26.0 Å². The van der Waals surface area contributed by atoms with Crippen molar-refractivity contribution in [3.63, 3.8) is 0 Å². The largest absolute Gasteiger partial charge is 0.481 e. The molecule has 0 rings (SSSR count). The minimum absolute atomic E-state index is 0.130. The Morgan fingerprint density at radius 1 is 1.20 bits per heavy atom. The number of aliphatic carboxylic acids is 2. The van der Waals surface area contributed by atoms with Gasteiger partial charge in [-0.1, -0.05) is 5.16 Å². The Morgan fingerprint density at radius 3 is 2.07 bits per heavy atom. The second kappa shape index (κ2) is 5.49. The number of carboxylic acids is 2. The van der Waals surface area contributed by atoms with E-state index in [0.717, 1.165) is 0 Å². The van der Waals surface area contributed by atoms with Crippen LogP contribution in [0, 0.1) is 0 Å². The first-order valence-electron chi connectivity index (χ1n) is 4.42. The van der Waals surface area contributed by atoms with Crippen molar-refractivity contribution in [2.75, 3.05) is 0 Å². The summed E-state index contributed by atoms with van der Waals surface area (Å²) in [4.78, 5) is 20.9. The topological polar surface area (TPSA) is 96.2 Å². The first-order valence-corrected chi connectivity index (χ1v) is 7.83. The third-order valence-corrected chi connectivity index (χ3v) is 1.89. The van der Waals surface area contributed by atoms with Crippen molar-refractivity contribution in [1.82, 2.24) is 0 Å². The Balaban J connectivity index is 4.39. The first-order chi connectivity index (χ1) is 6.72. The number of carbonyl (C=O) groups is 2. The molecule has 0 fully saturated rings. The van der Waals surface area contributed by atoms with Crippen LogP contribution in [0.25, 0.3) is 0 Å². The fourth-order valence-corrected chi connectivity index (χ4v) is 0.993. The molecule has 0 heterocycles. The van der Waals surface area contributed by atoms with Crippen LogP contribution in [0.3, 0.4) is 0 Å². The van der Waals surface area contributed by atoms with Crippen LogP contribution in [0.2, 0.25) is 19.6 Å². The number of hydrogen-bond donors (Lipinski definition) is 2. The molecule has 86 valence electrons. The van der Waals surface area contributed by atoms with E-state index in [0.29, 0.717) is 0 Å². The second-order valence-corrected chi connectivity index (χ2v) is 8.35. The molecule has 0 amide bonds. The SMILES string of the molecule is C[Si](C)(C)ON=C(CCC(=O)O)C(=O)O. The van der Waals surface area contributed by atoms with Gasteiger partial charge in [0.05, 0.1) is 6.42 Å². The summed E-state index contributed by atoms with van der Waals surface area (Å²) in [5, 5.41) is 20.6. The zero-order valence-corrected chi connectivity index (χ0v) is 9.98. The van der Waals surface area contributed by atoms with E-state index in [1.54, 1.807) is 0 Å². The Labute approximate surface area is 88.7 Å². The van der Waals surface area contributed by atoms with E-state index in [4.69, 9.17) is 14.7 Å². The lowest BCUT2D eigenvalue weighted by atomic mass is 10.2. The molecule has 0 aliphatic rings. The Hall–Kier alpha value is -1.37. The maximum atomic E-state index is 10.6. The number of carboxylic acid groups (broad SMARTS) is 2. The van der Waals surface area contributed by atoms with Crippen LogP contribution in [0.5, 0.6) is 0 Å². The number of hydrogen-bond acceptors (Lipinski definition) is 4. The highest BCUT2D eigenvalue weighted by atomic mass is 28.4. The summed E-state index contributed by atoms with van der Waals surface area (Å²) in [7, 11) is -1.92. The highest BCUT2D eigenvalue weighted by molar-refractivity contribution is 6.69. The summed E-state index contributed by atoms with van der Waals surface area (Å²) in [5.74, 6) is -2.30. The van der Waals surface area contributed by atoms with E-state index in [2.05, 4.69) is 5.16 Å². The average molecular weight is 233 g/mol. The van der Waals surface area contributed by atoms with Crippen molar-refractivity contribution in [1.29, 1.82) is 0 Å². The highest BCUT2D eigenvalue weighted by Gasteiger charge is 2.18. The Kier molecular flexibility index (Phi) is 4.99. The fourth-order valence-electron chi connectivity index (χ4n) is 0.609. The predicted octanol–water partition coefficient (Wildman–Crippen LogP) is 1.14. The van der Waals surface area contributed by atoms with Gasteiger partial charge in [-0.15, -0.1) is 0 Å². The maximum Gasteiger partial charge on any atom is 0.353 e. The predicted molar refractivity (Wildman–Crippen MR) is 56.4 cm³/mol. The van der Waals surface area contributed by atoms with Gasteiger partial charge in [0.2, 0.25) is 0 Å². The summed E-state index contributed by atoms with van der Waals surface area (Å²) in [5.41, 5.74) is -0.250. The minimum Gasteiger partial charge on any atom is -0.481 e. The quantitative estimate of drug-likeness (QED) is 0.407. The fraction of sp³-hybridized carbons (Fsp3) is 0.625. The van der Waals surface area contributed by atoms with E-state index in [1.807, 2.05) is 19.6 Å². The zero-order valence-electron chi connectivity index (χ0n) is 8.98. The summed E-state index contributed by atoms with van der Waals surface area (Å²) >= 11 is 0. The van der Waals surface area contributed by atoms with Crippen LogP contribution >= 0.6 is 0 Å². The zero-order chi connectivity index (χ0) is 12.1. The van der Waals surface area contributed by atoms with Gasteiger partial charge >= 0.3 is 11.9 Å². The van der Waals surface area contributed by atoms with Crippen LogP contribution in [-0.2, 0) is 14.1 Å². The molecule has 0 aliphatic heterocycles. The monoisotopic (exact) mass is 233 g/mol. The van der Waals surface area contributed by atoms with Crippen molar-refractivity contribution in [2.45, 2.75) is 32.5 Å². The standard InChI is InChI=1S/C8H15NO5Si/c1-15(2,3)14-9-6(8(12)13)4-5-7(10)11/h4-5H2,1-3H3,(H,10,11)(H,12,13). The summed E-state index contributed by atoms with van der Waals surface area (Å²) in [6, 6.07) is 0. The van der Waals surface area contributed by atoms with Gasteiger partial charge in [0.15, 0.2) is 5.71 Å². The summed E-state index contributed by atoms with van der Waals surface area (Å²) in [6.07, 6.45) is -0.394. The van der Waals surface area contributed by atoms with Gasteiger partial charge in [0, 0.05) is 6.42 Å². The minimum atomic E-state index is -1.92. The van der Waals surface area contributed by atoms with Gasteiger partial charge in [-0.25, -0.2) is 4.79 Å². The molecule has 0 atom stereocenters. The Bertz CT molecular complexity index is 281. The first kappa shape index (κ1) is 13.6. The van der Waals surface area contributed by atoms with E-state index >= 15 is 0 Å². The molecule has 0 radical (unpaired) electrons. The second-order valence-electron chi connectivity index (χ2n) is 3.94. The van der Waals surface area contributed by atoms with Crippen LogP contribution in [0.1, 0.15) is 12.8 Å². The molecule has 0 saturated carbocycles. The molecule has 0 spiro atoms. The molecule has 0 saturated heterocycles. The molecule has 7 heteroatoms. The third kappa shape index (κ3) is 7.68. The van der Waals surface area contributed by atoms with E-state index in [-0.39, 0.29) is 18.6 Å². The Morgan fingerprint density at radius 2 is 1.73 bits per heavy atom. The van der Waals surface area contributed by atoms with Gasteiger partial charge in [-0.3, -0.25) is 4.79 Å². The maximum absolute atomic E-state index is 10.6. The van der Waals surface area contributed by atoms with E-state index < -0.39 is 20.3 Å². The highest BCUT2D eigenvalue weighted by Crippen LogP contribution is 2.04. The van der Waals surface area contributed by atoms with Gasteiger partial charge in [-0.2, -0.15) is 0 Å². The van der Waals surface area contributed by atoms with Crippen LogP contribution < -0.4 is 0 Å².